The SMILES string of the molecule is COc1ccc(CCNC(=NCc2ccc([N+](=O)[O-])cc2)NCc2ccco2)cc1.I. The normalized spacial score (nSPS) is 10.8. The minimum absolute atomic E-state index is 0. The van der Waals surface area contributed by atoms with Crippen LogP contribution in [0.4, 0.5) is 5.69 Å². The Bertz CT molecular complexity index is 958. The highest BCUT2D eigenvalue weighted by Gasteiger charge is 2.05. The predicted molar refractivity (Wildman–Crippen MR) is 130 cm³/mol. The Hall–Kier alpha value is -3.08. The molecule has 0 aliphatic rings. The largest absolute Gasteiger partial charge is 0.497 e. The van der Waals surface area contributed by atoms with Gasteiger partial charge in [0.2, 0.25) is 0 Å². The summed E-state index contributed by atoms with van der Waals surface area (Å²) in [7, 11) is 1.65. The maximum absolute atomic E-state index is 10.8. The molecule has 0 spiro atoms. The molecule has 0 aliphatic heterocycles. The van der Waals surface area contributed by atoms with Crippen LogP contribution >= 0.6 is 24.0 Å². The smallest absolute Gasteiger partial charge is 0.269 e. The van der Waals surface area contributed by atoms with Gasteiger partial charge in [-0.15, -0.1) is 24.0 Å². The molecule has 31 heavy (non-hydrogen) atoms. The van der Waals surface area contributed by atoms with Crippen molar-refractivity contribution >= 4 is 35.6 Å². The summed E-state index contributed by atoms with van der Waals surface area (Å²) in [6.45, 7) is 1.59. The first-order valence-corrected chi connectivity index (χ1v) is 9.55. The van der Waals surface area contributed by atoms with Crippen LogP contribution in [0.1, 0.15) is 16.9 Å². The van der Waals surface area contributed by atoms with E-state index >= 15 is 0 Å². The number of furan rings is 1. The van der Waals surface area contributed by atoms with Gasteiger partial charge in [0.1, 0.15) is 11.5 Å². The number of nitrogens with zero attached hydrogens (tertiary/aromatic N) is 2. The second kappa shape index (κ2) is 12.6. The molecule has 0 fully saturated rings. The Balaban J connectivity index is 0.00000341. The first-order valence-electron chi connectivity index (χ1n) is 9.55. The van der Waals surface area contributed by atoms with Gasteiger partial charge in [-0.1, -0.05) is 24.3 Å². The summed E-state index contributed by atoms with van der Waals surface area (Å²) < 4.78 is 10.5. The lowest BCUT2D eigenvalue weighted by Crippen LogP contribution is -2.38. The number of ether oxygens (including phenoxy) is 1. The fraction of sp³-hybridized carbons (Fsp3) is 0.227. The van der Waals surface area contributed by atoms with Crippen molar-refractivity contribution < 1.29 is 14.1 Å². The molecule has 8 nitrogen and oxygen atoms in total. The summed E-state index contributed by atoms with van der Waals surface area (Å²) in [6, 6.07) is 18.1. The van der Waals surface area contributed by atoms with E-state index in [9.17, 15) is 10.1 Å². The molecule has 0 atom stereocenters. The molecule has 0 saturated carbocycles. The van der Waals surface area contributed by atoms with Gasteiger partial charge in [0.25, 0.3) is 5.69 Å². The van der Waals surface area contributed by atoms with Crippen LogP contribution in [0.2, 0.25) is 0 Å². The van der Waals surface area contributed by atoms with Gasteiger partial charge in [0, 0.05) is 18.7 Å². The standard InChI is InChI=1S/C22H24N4O4.HI/c1-29-20-10-6-17(7-11-20)12-13-23-22(25-16-21-3-2-14-30-21)24-15-18-4-8-19(9-5-18)26(27)28;/h2-11,14H,12-13,15-16H2,1H3,(H2,23,24,25);1H. The predicted octanol–water partition coefficient (Wildman–Crippen LogP) is 4.29. The zero-order valence-electron chi connectivity index (χ0n) is 17.1. The van der Waals surface area contributed by atoms with Crippen LogP contribution in [0, 0.1) is 10.1 Å². The number of aliphatic imine (C=N–C) groups is 1. The number of nitro benzene ring substituents is 1. The Kier molecular flexibility index (Phi) is 9.82. The van der Waals surface area contributed by atoms with Crippen LogP contribution < -0.4 is 15.4 Å². The molecule has 0 amide bonds. The Morgan fingerprint density at radius 3 is 2.39 bits per heavy atom. The quantitative estimate of drug-likeness (QED) is 0.139. The van der Waals surface area contributed by atoms with Crippen molar-refractivity contribution in [2.75, 3.05) is 13.7 Å². The van der Waals surface area contributed by atoms with E-state index in [-0.39, 0.29) is 29.7 Å². The van der Waals surface area contributed by atoms with Gasteiger partial charge < -0.3 is 19.8 Å². The summed E-state index contributed by atoms with van der Waals surface area (Å²) >= 11 is 0. The Morgan fingerprint density at radius 2 is 1.77 bits per heavy atom. The fourth-order valence-electron chi connectivity index (χ4n) is 2.77. The van der Waals surface area contributed by atoms with Crippen LogP contribution in [0.15, 0.2) is 76.3 Å². The number of nitrogens with one attached hydrogen (secondary N) is 2. The zero-order valence-corrected chi connectivity index (χ0v) is 19.4. The molecule has 164 valence electrons. The molecular weight excluding hydrogens is 511 g/mol. The van der Waals surface area contributed by atoms with Crippen molar-refractivity contribution in [1.29, 1.82) is 0 Å². The topological polar surface area (TPSA) is 102 Å². The average Bonchev–Trinajstić information content (AvgIpc) is 3.29. The van der Waals surface area contributed by atoms with Crippen molar-refractivity contribution in [3.63, 3.8) is 0 Å². The molecular formula is C22H25IN4O4. The molecule has 3 rings (SSSR count). The average molecular weight is 536 g/mol. The van der Waals surface area contributed by atoms with E-state index in [1.807, 2.05) is 36.4 Å². The van der Waals surface area contributed by atoms with Crippen LogP contribution in [-0.2, 0) is 19.5 Å². The second-order valence-corrected chi connectivity index (χ2v) is 6.55. The number of halogens is 1. The lowest BCUT2D eigenvalue weighted by Gasteiger charge is -2.12. The third kappa shape index (κ3) is 7.93. The highest BCUT2D eigenvalue weighted by molar-refractivity contribution is 14.0. The summed E-state index contributed by atoms with van der Waals surface area (Å²) in [4.78, 5) is 15.0. The van der Waals surface area contributed by atoms with Gasteiger partial charge in [-0.05, 0) is 41.8 Å². The molecule has 9 heteroatoms. The minimum atomic E-state index is -0.413. The van der Waals surface area contributed by atoms with Crippen molar-refractivity contribution in [3.05, 3.63) is 93.9 Å². The third-order valence-corrected chi connectivity index (χ3v) is 4.44. The summed E-state index contributed by atoms with van der Waals surface area (Å²) in [5.74, 6) is 2.27. The number of methoxy groups -OCH3 is 1. The van der Waals surface area contributed by atoms with Crippen LogP contribution in [0.3, 0.4) is 0 Å². The van der Waals surface area contributed by atoms with Gasteiger partial charge >= 0.3 is 0 Å². The third-order valence-electron chi connectivity index (χ3n) is 4.44. The van der Waals surface area contributed by atoms with E-state index in [2.05, 4.69) is 15.6 Å². The Labute approximate surface area is 197 Å². The van der Waals surface area contributed by atoms with Crippen molar-refractivity contribution in [2.24, 2.45) is 4.99 Å². The first-order chi connectivity index (χ1) is 14.6. The number of benzene rings is 2. The number of guanidine groups is 1. The molecule has 0 radical (unpaired) electrons. The second-order valence-electron chi connectivity index (χ2n) is 6.55. The maximum atomic E-state index is 10.8. The van der Waals surface area contributed by atoms with Crippen LogP contribution in [-0.4, -0.2) is 24.5 Å². The van der Waals surface area contributed by atoms with Crippen molar-refractivity contribution in [2.45, 2.75) is 19.5 Å². The molecule has 1 aromatic heterocycles. The lowest BCUT2D eigenvalue weighted by molar-refractivity contribution is -0.384. The molecule has 3 aromatic rings. The van der Waals surface area contributed by atoms with Gasteiger partial charge in [-0.25, -0.2) is 4.99 Å². The number of rotatable bonds is 9. The van der Waals surface area contributed by atoms with Gasteiger partial charge in [-0.3, -0.25) is 10.1 Å². The molecule has 1 heterocycles. The number of non-ortho nitro benzene ring substituents is 1. The van der Waals surface area contributed by atoms with Crippen molar-refractivity contribution in [3.8, 4) is 5.75 Å². The molecule has 2 aromatic carbocycles. The monoisotopic (exact) mass is 536 g/mol. The molecule has 2 N–H and O–H groups in total. The molecule has 0 bridgehead atoms. The van der Waals surface area contributed by atoms with Gasteiger partial charge in [0.15, 0.2) is 5.96 Å². The highest BCUT2D eigenvalue weighted by atomic mass is 127. The van der Waals surface area contributed by atoms with Crippen LogP contribution in [0.25, 0.3) is 0 Å². The highest BCUT2D eigenvalue weighted by Crippen LogP contribution is 2.13. The van der Waals surface area contributed by atoms with E-state index in [1.165, 1.54) is 17.7 Å². The molecule has 0 unspecified atom stereocenters. The summed E-state index contributed by atoms with van der Waals surface area (Å²) in [6.07, 6.45) is 2.45. The number of nitro groups is 1. The van der Waals surface area contributed by atoms with E-state index in [0.29, 0.717) is 25.6 Å². The maximum Gasteiger partial charge on any atom is 0.269 e. The molecule has 0 saturated heterocycles. The molecule has 0 aliphatic carbocycles. The van der Waals surface area contributed by atoms with E-state index < -0.39 is 4.92 Å². The van der Waals surface area contributed by atoms with E-state index in [1.54, 1.807) is 25.5 Å². The van der Waals surface area contributed by atoms with Crippen molar-refractivity contribution in [1.82, 2.24) is 10.6 Å². The van der Waals surface area contributed by atoms with E-state index in [4.69, 9.17) is 9.15 Å². The van der Waals surface area contributed by atoms with E-state index in [0.717, 1.165) is 23.5 Å². The minimum Gasteiger partial charge on any atom is -0.497 e. The van der Waals surface area contributed by atoms with Gasteiger partial charge in [0.05, 0.1) is 31.4 Å². The van der Waals surface area contributed by atoms with Crippen LogP contribution in [0.5, 0.6) is 5.75 Å². The van der Waals surface area contributed by atoms with Gasteiger partial charge in [-0.2, -0.15) is 0 Å². The summed E-state index contributed by atoms with van der Waals surface area (Å²) in [5.41, 5.74) is 2.13. The fourth-order valence-corrected chi connectivity index (χ4v) is 2.77. The number of hydrogen-bond donors (Lipinski definition) is 2. The zero-order chi connectivity index (χ0) is 21.2. The lowest BCUT2D eigenvalue weighted by atomic mass is 10.1. The summed E-state index contributed by atoms with van der Waals surface area (Å²) in [5, 5.41) is 17.3. The Morgan fingerprint density at radius 1 is 1.06 bits per heavy atom. The first kappa shape index (κ1) is 24.2. The number of hydrogen-bond acceptors (Lipinski definition) is 5.